The highest BCUT2D eigenvalue weighted by atomic mass is 35.5. The zero-order chi connectivity index (χ0) is 21.1. The Labute approximate surface area is 187 Å². The van der Waals surface area contributed by atoms with E-state index in [0.29, 0.717) is 31.1 Å². The molecule has 0 atom stereocenters. The first-order valence-electron chi connectivity index (χ1n) is 10.1. The maximum Gasteiger partial charge on any atom is 0.306 e. The minimum Gasteiger partial charge on any atom is -0.491 e. The molecule has 2 aromatic carbocycles. The first kappa shape index (κ1) is 22.8. The molecule has 31 heavy (non-hydrogen) atoms. The third-order valence-electron chi connectivity index (χ3n) is 5.19. The first-order chi connectivity index (χ1) is 14.5. The number of aromatic nitrogens is 2. The van der Waals surface area contributed by atoms with Crippen molar-refractivity contribution in [2.75, 3.05) is 0 Å². The average Bonchev–Trinajstić information content (AvgIpc) is 3.17. The van der Waals surface area contributed by atoms with Crippen LogP contribution in [0, 0.1) is 5.92 Å². The summed E-state index contributed by atoms with van der Waals surface area (Å²) in [6.45, 7) is 4.68. The number of aliphatic carboxylic acids is 1. The number of ether oxygens (including phenoxy) is 1. The van der Waals surface area contributed by atoms with Gasteiger partial charge in [-0.1, -0.05) is 29.4 Å². The molecule has 0 unspecified atom stereocenters. The molecule has 1 fully saturated rings. The Morgan fingerprint density at radius 1 is 1.13 bits per heavy atom. The highest BCUT2D eigenvalue weighted by molar-refractivity contribution is 5.85. The topological polar surface area (TPSA) is 97.5 Å². The molecule has 2 N–H and O–H groups in total. The number of rotatable bonds is 8. The van der Waals surface area contributed by atoms with Crippen molar-refractivity contribution >= 4 is 18.4 Å². The van der Waals surface area contributed by atoms with Crippen molar-refractivity contribution in [1.29, 1.82) is 0 Å². The van der Waals surface area contributed by atoms with Crippen LogP contribution in [0.1, 0.15) is 32.3 Å². The monoisotopic (exact) mass is 443 g/mol. The molecule has 0 saturated heterocycles. The van der Waals surface area contributed by atoms with Gasteiger partial charge in [-0.25, -0.2) is 0 Å². The number of carbonyl (C=O) groups is 1. The summed E-state index contributed by atoms with van der Waals surface area (Å²) in [5.74, 6) is 0.908. The van der Waals surface area contributed by atoms with Crippen molar-refractivity contribution in [2.24, 2.45) is 5.92 Å². The van der Waals surface area contributed by atoms with Crippen molar-refractivity contribution in [3.63, 3.8) is 0 Å². The van der Waals surface area contributed by atoms with E-state index in [2.05, 4.69) is 15.5 Å². The number of hydrogen-bond donors (Lipinski definition) is 2. The molecule has 164 valence electrons. The van der Waals surface area contributed by atoms with Crippen molar-refractivity contribution in [3.8, 4) is 28.6 Å². The number of nitrogens with zero attached hydrogens (tertiary/aromatic N) is 2. The fourth-order valence-electron chi connectivity index (χ4n) is 3.43. The second-order valence-electron chi connectivity index (χ2n) is 7.90. The third-order valence-corrected chi connectivity index (χ3v) is 5.19. The molecule has 7 nitrogen and oxygen atoms in total. The van der Waals surface area contributed by atoms with Gasteiger partial charge in [-0.2, -0.15) is 4.98 Å². The Balaban J connectivity index is 0.00000272. The minimum absolute atomic E-state index is 0. The van der Waals surface area contributed by atoms with Crippen molar-refractivity contribution < 1.29 is 19.2 Å². The van der Waals surface area contributed by atoms with Gasteiger partial charge >= 0.3 is 5.97 Å². The summed E-state index contributed by atoms with van der Waals surface area (Å²) in [5.41, 5.74) is 2.84. The zero-order valence-electron chi connectivity index (χ0n) is 17.4. The molecule has 0 bridgehead atoms. The van der Waals surface area contributed by atoms with Crippen LogP contribution < -0.4 is 10.1 Å². The van der Waals surface area contributed by atoms with Crippen LogP contribution in [0.5, 0.6) is 5.75 Å². The molecule has 3 aromatic rings. The van der Waals surface area contributed by atoms with E-state index in [1.54, 1.807) is 0 Å². The molecule has 0 aliphatic heterocycles. The number of benzene rings is 2. The SMILES string of the molecule is CC(C)Oc1ccc(-c2nc(-c3ccc(CNC4CC(C(=O)O)C4)cc3)no2)cc1.Cl. The molecular weight excluding hydrogens is 418 g/mol. The lowest BCUT2D eigenvalue weighted by Crippen LogP contribution is -2.43. The van der Waals surface area contributed by atoms with Crippen LogP contribution in [0.4, 0.5) is 0 Å². The normalized spacial score (nSPS) is 17.6. The van der Waals surface area contributed by atoms with Crippen LogP contribution in [0.3, 0.4) is 0 Å². The van der Waals surface area contributed by atoms with E-state index >= 15 is 0 Å². The molecule has 0 radical (unpaired) electrons. The van der Waals surface area contributed by atoms with Crippen molar-refractivity contribution in [1.82, 2.24) is 15.5 Å². The molecule has 0 amide bonds. The number of carboxylic acid groups (broad SMARTS) is 1. The fourth-order valence-corrected chi connectivity index (χ4v) is 3.43. The van der Waals surface area contributed by atoms with Crippen LogP contribution in [0.15, 0.2) is 53.1 Å². The summed E-state index contributed by atoms with van der Waals surface area (Å²) in [6, 6.07) is 15.8. The molecule has 0 spiro atoms. The molecule has 1 aliphatic rings. The smallest absolute Gasteiger partial charge is 0.306 e. The van der Waals surface area contributed by atoms with E-state index in [0.717, 1.165) is 22.4 Å². The minimum atomic E-state index is -0.697. The summed E-state index contributed by atoms with van der Waals surface area (Å²) in [5, 5.41) is 16.4. The summed E-state index contributed by atoms with van der Waals surface area (Å²) in [6.07, 6.45) is 1.52. The van der Waals surface area contributed by atoms with Gasteiger partial charge in [0.15, 0.2) is 0 Å². The average molecular weight is 444 g/mol. The molecule has 1 saturated carbocycles. The van der Waals surface area contributed by atoms with Gasteiger partial charge in [-0.05, 0) is 56.5 Å². The van der Waals surface area contributed by atoms with Crippen molar-refractivity contribution in [2.45, 2.75) is 45.4 Å². The summed E-state index contributed by atoms with van der Waals surface area (Å²) in [4.78, 5) is 15.4. The van der Waals surface area contributed by atoms with Crippen LogP contribution in [-0.2, 0) is 11.3 Å². The molecule has 1 heterocycles. The standard InChI is InChI=1S/C23H25N3O4.ClH/c1-14(2)29-20-9-7-17(8-10-20)22-25-21(26-30-22)16-5-3-15(4-6-16)13-24-19-11-18(12-19)23(27)28;/h3-10,14,18-19,24H,11-13H2,1-2H3,(H,27,28);1H. The Hall–Kier alpha value is -2.90. The second kappa shape index (κ2) is 9.94. The molecule has 1 aromatic heterocycles. The number of hydrogen-bond acceptors (Lipinski definition) is 6. The summed E-state index contributed by atoms with van der Waals surface area (Å²) >= 11 is 0. The van der Waals surface area contributed by atoms with E-state index in [1.807, 2.05) is 62.4 Å². The van der Waals surface area contributed by atoms with Crippen LogP contribution in [-0.4, -0.2) is 33.4 Å². The van der Waals surface area contributed by atoms with Gasteiger partial charge in [0, 0.05) is 23.7 Å². The zero-order valence-corrected chi connectivity index (χ0v) is 18.3. The Morgan fingerprint density at radius 2 is 1.77 bits per heavy atom. The first-order valence-corrected chi connectivity index (χ1v) is 10.1. The van der Waals surface area contributed by atoms with E-state index in [-0.39, 0.29) is 30.5 Å². The van der Waals surface area contributed by atoms with Crippen LogP contribution >= 0.6 is 12.4 Å². The quantitative estimate of drug-likeness (QED) is 0.526. The van der Waals surface area contributed by atoms with Gasteiger partial charge in [-0.15, -0.1) is 12.4 Å². The van der Waals surface area contributed by atoms with Gasteiger partial charge in [0.05, 0.1) is 12.0 Å². The number of halogens is 1. The number of carboxylic acids is 1. The van der Waals surface area contributed by atoms with Gasteiger partial charge < -0.3 is 19.7 Å². The van der Waals surface area contributed by atoms with E-state index < -0.39 is 5.97 Å². The summed E-state index contributed by atoms with van der Waals surface area (Å²) < 4.78 is 11.1. The van der Waals surface area contributed by atoms with Crippen LogP contribution in [0.2, 0.25) is 0 Å². The maximum atomic E-state index is 10.9. The second-order valence-corrected chi connectivity index (χ2v) is 7.90. The molecular formula is C23H26ClN3O4. The molecule has 8 heteroatoms. The summed E-state index contributed by atoms with van der Waals surface area (Å²) in [7, 11) is 0. The van der Waals surface area contributed by atoms with E-state index in [1.165, 1.54) is 0 Å². The molecule has 1 aliphatic carbocycles. The highest BCUT2D eigenvalue weighted by Gasteiger charge is 2.33. The van der Waals surface area contributed by atoms with E-state index in [9.17, 15) is 4.79 Å². The van der Waals surface area contributed by atoms with Crippen molar-refractivity contribution in [3.05, 3.63) is 54.1 Å². The van der Waals surface area contributed by atoms with Gasteiger partial charge in [0.2, 0.25) is 5.82 Å². The third kappa shape index (κ3) is 5.62. The predicted molar refractivity (Wildman–Crippen MR) is 119 cm³/mol. The Kier molecular flexibility index (Phi) is 7.30. The highest BCUT2D eigenvalue weighted by Crippen LogP contribution is 2.28. The lowest BCUT2D eigenvalue weighted by Gasteiger charge is -2.33. The fraction of sp³-hybridized carbons (Fsp3) is 0.348. The van der Waals surface area contributed by atoms with Gasteiger partial charge in [0.1, 0.15) is 5.75 Å². The van der Waals surface area contributed by atoms with E-state index in [4.69, 9.17) is 14.4 Å². The Morgan fingerprint density at radius 3 is 2.39 bits per heavy atom. The van der Waals surface area contributed by atoms with Gasteiger partial charge in [-0.3, -0.25) is 4.79 Å². The number of nitrogens with one attached hydrogen (secondary N) is 1. The van der Waals surface area contributed by atoms with Gasteiger partial charge in [0.25, 0.3) is 5.89 Å². The lowest BCUT2D eigenvalue weighted by molar-refractivity contribution is -0.145. The predicted octanol–water partition coefficient (Wildman–Crippen LogP) is 4.57. The lowest BCUT2D eigenvalue weighted by atomic mass is 9.80. The molecule has 4 rings (SSSR count). The maximum absolute atomic E-state index is 10.9. The van der Waals surface area contributed by atoms with Crippen LogP contribution in [0.25, 0.3) is 22.8 Å². The largest absolute Gasteiger partial charge is 0.491 e. The Bertz CT molecular complexity index is 996.